The lowest BCUT2D eigenvalue weighted by Gasteiger charge is -2.28. The maximum atomic E-state index is 2.45. The first-order chi connectivity index (χ1) is 11.3. The van der Waals surface area contributed by atoms with Crippen LogP contribution in [0.4, 0.5) is 0 Å². The second-order valence-corrected chi connectivity index (χ2v) is 7.27. The lowest BCUT2D eigenvalue weighted by Crippen LogP contribution is -2.13. The van der Waals surface area contributed by atoms with Crippen LogP contribution in [-0.2, 0) is 0 Å². The van der Waals surface area contributed by atoms with Gasteiger partial charge in [-0.1, -0.05) is 74.4 Å². The van der Waals surface area contributed by atoms with E-state index in [9.17, 15) is 0 Å². The maximum absolute atomic E-state index is 2.45. The van der Waals surface area contributed by atoms with Gasteiger partial charge in [-0.25, -0.2) is 0 Å². The van der Waals surface area contributed by atoms with Crippen molar-refractivity contribution in [3.8, 4) is 0 Å². The van der Waals surface area contributed by atoms with Crippen molar-refractivity contribution in [2.24, 2.45) is 5.92 Å². The van der Waals surface area contributed by atoms with Crippen LogP contribution in [0.1, 0.15) is 56.9 Å². The van der Waals surface area contributed by atoms with Gasteiger partial charge in [0.2, 0.25) is 0 Å². The van der Waals surface area contributed by atoms with Crippen molar-refractivity contribution < 1.29 is 0 Å². The van der Waals surface area contributed by atoms with Gasteiger partial charge in [-0.3, -0.25) is 0 Å². The highest BCUT2D eigenvalue weighted by atomic mass is 14.3. The first-order valence-electron chi connectivity index (χ1n) is 9.26. The Hall–Kier alpha value is -1.82. The summed E-state index contributed by atoms with van der Waals surface area (Å²) < 4.78 is 0. The Bertz CT molecular complexity index is 807. The highest BCUT2D eigenvalue weighted by Crippen LogP contribution is 2.38. The topological polar surface area (TPSA) is 0 Å². The molecule has 1 saturated carbocycles. The van der Waals surface area contributed by atoms with Crippen LogP contribution in [0.5, 0.6) is 0 Å². The number of hydrogen-bond donors (Lipinski definition) is 0. The zero-order valence-corrected chi connectivity index (χ0v) is 14.1. The molecule has 4 rings (SSSR count). The van der Waals surface area contributed by atoms with Crippen molar-refractivity contribution in [3.63, 3.8) is 0 Å². The average molecular weight is 302 g/mol. The third kappa shape index (κ3) is 2.87. The standard InChI is InChI=1S/C23H26/c1-2-5-17-8-10-18(11-9-17)20-14-15-23-21(16-20)13-12-19-6-3-4-7-22(19)23/h3-4,6-7,12-18H,2,5,8-11H2,1H3. The minimum absolute atomic E-state index is 0.777. The molecule has 0 heteroatoms. The third-order valence-electron chi connectivity index (χ3n) is 5.78. The maximum Gasteiger partial charge on any atom is -0.0105 e. The molecule has 0 amide bonds. The molecule has 3 aromatic carbocycles. The van der Waals surface area contributed by atoms with Gasteiger partial charge >= 0.3 is 0 Å². The van der Waals surface area contributed by atoms with Gasteiger partial charge in [0.1, 0.15) is 0 Å². The molecule has 0 radical (unpaired) electrons. The zero-order valence-electron chi connectivity index (χ0n) is 14.1. The molecule has 0 N–H and O–H groups in total. The van der Waals surface area contributed by atoms with Gasteiger partial charge in [0.25, 0.3) is 0 Å². The first kappa shape index (κ1) is 14.8. The molecule has 0 nitrogen and oxygen atoms in total. The van der Waals surface area contributed by atoms with Crippen LogP contribution < -0.4 is 0 Å². The molecule has 23 heavy (non-hydrogen) atoms. The van der Waals surface area contributed by atoms with Crippen molar-refractivity contribution >= 4 is 21.5 Å². The second-order valence-electron chi connectivity index (χ2n) is 7.27. The number of rotatable bonds is 3. The van der Waals surface area contributed by atoms with E-state index in [2.05, 4.69) is 61.5 Å². The Morgan fingerprint density at radius 1 is 0.783 bits per heavy atom. The van der Waals surface area contributed by atoms with Gasteiger partial charge in [0.15, 0.2) is 0 Å². The number of fused-ring (bicyclic) bond motifs is 3. The number of benzene rings is 3. The monoisotopic (exact) mass is 302 g/mol. The quantitative estimate of drug-likeness (QED) is 0.454. The van der Waals surface area contributed by atoms with E-state index in [4.69, 9.17) is 0 Å². The largest absolute Gasteiger partial charge is 0.0654 e. The summed E-state index contributed by atoms with van der Waals surface area (Å²) in [6.45, 7) is 2.32. The van der Waals surface area contributed by atoms with Crippen LogP contribution in [0.25, 0.3) is 21.5 Å². The predicted molar refractivity (Wildman–Crippen MR) is 101 cm³/mol. The summed E-state index contributed by atoms with van der Waals surface area (Å²) in [6.07, 6.45) is 8.38. The Morgan fingerprint density at radius 2 is 1.52 bits per heavy atom. The van der Waals surface area contributed by atoms with Crippen LogP contribution >= 0.6 is 0 Å². The average Bonchev–Trinajstić information content (AvgIpc) is 2.62. The fourth-order valence-electron chi connectivity index (χ4n) is 4.48. The lowest BCUT2D eigenvalue weighted by atomic mass is 9.77. The van der Waals surface area contributed by atoms with Crippen molar-refractivity contribution in [1.82, 2.24) is 0 Å². The van der Waals surface area contributed by atoms with Crippen molar-refractivity contribution in [2.45, 2.75) is 51.4 Å². The molecule has 0 heterocycles. The highest BCUT2D eigenvalue weighted by molar-refractivity contribution is 6.07. The van der Waals surface area contributed by atoms with Crippen LogP contribution in [-0.4, -0.2) is 0 Å². The van der Waals surface area contributed by atoms with E-state index in [0.717, 1.165) is 11.8 Å². The van der Waals surface area contributed by atoms with Gasteiger partial charge < -0.3 is 0 Å². The summed E-state index contributed by atoms with van der Waals surface area (Å²) in [5, 5.41) is 5.51. The van der Waals surface area contributed by atoms with E-state index >= 15 is 0 Å². The molecule has 0 aliphatic heterocycles. The van der Waals surface area contributed by atoms with E-state index in [0.29, 0.717) is 0 Å². The van der Waals surface area contributed by atoms with Crippen molar-refractivity contribution in [3.05, 3.63) is 60.2 Å². The molecule has 0 aromatic heterocycles. The number of hydrogen-bond acceptors (Lipinski definition) is 0. The first-order valence-corrected chi connectivity index (χ1v) is 9.26. The Balaban J connectivity index is 1.63. The second kappa shape index (κ2) is 6.35. The van der Waals surface area contributed by atoms with E-state index in [1.54, 1.807) is 5.56 Å². The van der Waals surface area contributed by atoms with Crippen LogP contribution in [0, 0.1) is 5.92 Å². The molecular formula is C23H26. The molecule has 0 saturated heterocycles. The summed E-state index contributed by atoms with van der Waals surface area (Å²) in [5.74, 6) is 1.76. The Kier molecular flexibility index (Phi) is 4.08. The van der Waals surface area contributed by atoms with E-state index in [1.807, 2.05) is 0 Å². The highest BCUT2D eigenvalue weighted by Gasteiger charge is 2.21. The molecule has 1 aliphatic carbocycles. The fourth-order valence-corrected chi connectivity index (χ4v) is 4.48. The van der Waals surface area contributed by atoms with Gasteiger partial charge in [0.05, 0.1) is 0 Å². The zero-order chi connectivity index (χ0) is 15.6. The Morgan fingerprint density at radius 3 is 2.35 bits per heavy atom. The molecule has 0 spiro atoms. The minimum atomic E-state index is 0.777. The molecular weight excluding hydrogens is 276 g/mol. The molecule has 0 unspecified atom stereocenters. The van der Waals surface area contributed by atoms with E-state index < -0.39 is 0 Å². The van der Waals surface area contributed by atoms with Crippen molar-refractivity contribution in [1.29, 1.82) is 0 Å². The van der Waals surface area contributed by atoms with Crippen LogP contribution in [0.2, 0.25) is 0 Å². The Labute approximate surface area is 139 Å². The predicted octanol–water partition coefficient (Wildman–Crippen LogP) is 7.07. The van der Waals surface area contributed by atoms with E-state index in [-0.39, 0.29) is 0 Å². The molecule has 1 fully saturated rings. The van der Waals surface area contributed by atoms with E-state index in [1.165, 1.54) is 60.1 Å². The summed E-state index contributed by atoms with van der Waals surface area (Å²) in [4.78, 5) is 0. The summed E-state index contributed by atoms with van der Waals surface area (Å²) in [5.41, 5.74) is 1.56. The fraction of sp³-hybridized carbons (Fsp3) is 0.391. The minimum Gasteiger partial charge on any atom is -0.0654 e. The molecule has 118 valence electrons. The lowest BCUT2D eigenvalue weighted by molar-refractivity contribution is 0.308. The molecule has 3 aromatic rings. The van der Waals surface area contributed by atoms with Gasteiger partial charge in [0, 0.05) is 0 Å². The molecule has 1 aliphatic rings. The van der Waals surface area contributed by atoms with Crippen LogP contribution in [0.3, 0.4) is 0 Å². The van der Waals surface area contributed by atoms with Gasteiger partial charge in [-0.05, 0) is 64.6 Å². The van der Waals surface area contributed by atoms with Gasteiger partial charge in [-0.2, -0.15) is 0 Å². The summed E-state index contributed by atoms with van der Waals surface area (Å²) in [6, 6.07) is 20.5. The normalized spacial score (nSPS) is 21.8. The summed E-state index contributed by atoms with van der Waals surface area (Å²) >= 11 is 0. The summed E-state index contributed by atoms with van der Waals surface area (Å²) in [7, 11) is 0. The van der Waals surface area contributed by atoms with Gasteiger partial charge in [-0.15, -0.1) is 0 Å². The smallest absolute Gasteiger partial charge is 0.0105 e. The third-order valence-corrected chi connectivity index (χ3v) is 5.78. The molecule has 0 bridgehead atoms. The SMILES string of the molecule is CCCC1CCC(c2ccc3c(ccc4ccccc43)c2)CC1. The van der Waals surface area contributed by atoms with Crippen molar-refractivity contribution in [2.75, 3.05) is 0 Å². The van der Waals surface area contributed by atoms with Crippen LogP contribution in [0.15, 0.2) is 54.6 Å². The molecule has 0 atom stereocenters.